The van der Waals surface area contributed by atoms with Crippen LogP contribution >= 0.6 is 0 Å². The summed E-state index contributed by atoms with van der Waals surface area (Å²) in [5, 5.41) is -0.313. The summed E-state index contributed by atoms with van der Waals surface area (Å²) in [7, 11) is -1.51. The number of carbonyl (C=O) groups is 1. The van der Waals surface area contributed by atoms with Crippen LogP contribution in [0.15, 0.2) is 30.3 Å². The Morgan fingerprint density at radius 2 is 1.86 bits per heavy atom. The van der Waals surface area contributed by atoms with E-state index < -0.39 is 10.0 Å². The predicted molar refractivity (Wildman–Crippen MR) is 84.8 cm³/mol. The van der Waals surface area contributed by atoms with Crippen LogP contribution < -0.4 is 0 Å². The fourth-order valence-corrected chi connectivity index (χ4v) is 5.51. The van der Waals surface area contributed by atoms with Crippen LogP contribution in [0.4, 0.5) is 0 Å². The molecule has 0 radical (unpaired) electrons. The molecule has 2 aliphatic heterocycles. The number of likely N-dealkylation sites (tertiary alicyclic amines) is 1. The van der Waals surface area contributed by atoms with E-state index in [-0.39, 0.29) is 17.1 Å². The second-order valence-electron chi connectivity index (χ2n) is 6.24. The summed E-state index contributed by atoms with van der Waals surface area (Å²) in [6, 6.07) is 9.69. The molecule has 0 saturated carbocycles. The first-order valence-corrected chi connectivity index (χ1v) is 9.25. The van der Waals surface area contributed by atoms with Crippen LogP contribution in [0.25, 0.3) is 0 Å². The van der Waals surface area contributed by atoms with E-state index in [0.717, 1.165) is 12.0 Å². The lowest BCUT2D eigenvalue weighted by Crippen LogP contribution is -2.35. The van der Waals surface area contributed by atoms with Crippen LogP contribution in [0.2, 0.25) is 0 Å². The molecule has 0 aromatic heterocycles. The van der Waals surface area contributed by atoms with Gasteiger partial charge in [-0.25, -0.2) is 12.7 Å². The van der Waals surface area contributed by atoms with Gasteiger partial charge in [-0.1, -0.05) is 30.3 Å². The number of nitrogens with zero attached hydrogens (tertiary/aromatic N) is 2. The summed E-state index contributed by atoms with van der Waals surface area (Å²) in [5.74, 6) is 0.251. The first kappa shape index (κ1) is 15.5. The standard InChI is InChI=1S/C16H22N2O3S/c1-17-12-14-7-9-18(10-8-15(14)22(17,20)21)16(19)11-13-5-3-2-4-6-13/h2-6,14-15H,7-12H2,1H3/t14-,15-/m1/s1. The summed E-state index contributed by atoms with van der Waals surface area (Å²) < 4.78 is 26.0. The number of benzene rings is 1. The Kier molecular flexibility index (Phi) is 4.23. The second-order valence-corrected chi connectivity index (χ2v) is 8.50. The first-order valence-electron chi connectivity index (χ1n) is 7.75. The highest BCUT2D eigenvalue weighted by molar-refractivity contribution is 7.90. The van der Waals surface area contributed by atoms with Crippen molar-refractivity contribution < 1.29 is 13.2 Å². The third-order valence-electron chi connectivity index (χ3n) is 4.84. The monoisotopic (exact) mass is 322 g/mol. The van der Waals surface area contributed by atoms with E-state index in [1.165, 1.54) is 4.31 Å². The first-order chi connectivity index (χ1) is 10.5. The third kappa shape index (κ3) is 2.90. The largest absolute Gasteiger partial charge is 0.342 e. The number of fused-ring (bicyclic) bond motifs is 1. The molecule has 0 N–H and O–H groups in total. The number of rotatable bonds is 2. The molecule has 120 valence electrons. The van der Waals surface area contributed by atoms with Crippen molar-refractivity contribution in [1.82, 2.24) is 9.21 Å². The molecule has 0 aliphatic carbocycles. The van der Waals surface area contributed by atoms with Crippen LogP contribution in [-0.4, -0.2) is 55.5 Å². The van der Waals surface area contributed by atoms with Crippen LogP contribution in [0, 0.1) is 5.92 Å². The van der Waals surface area contributed by atoms with Gasteiger partial charge in [-0.3, -0.25) is 4.79 Å². The van der Waals surface area contributed by atoms with E-state index in [4.69, 9.17) is 0 Å². The van der Waals surface area contributed by atoms with Gasteiger partial charge in [-0.15, -0.1) is 0 Å². The van der Waals surface area contributed by atoms with Crippen molar-refractivity contribution in [3.63, 3.8) is 0 Å². The summed E-state index contributed by atoms with van der Waals surface area (Å²) in [5.41, 5.74) is 1.00. The Morgan fingerprint density at radius 1 is 1.18 bits per heavy atom. The van der Waals surface area contributed by atoms with Crippen LogP contribution in [0.1, 0.15) is 18.4 Å². The molecule has 0 spiro atoms. The minimum Gasteiger partial charge on any atom is -0.342 e. The zero-order chi connectivity index (χ0) is 15.7. The van der Waals surface area contributed by atoms with Crippen molar-refractivity contribution in [1.29, 1.82) is 0 Å². The molecule has 1 aromatic rings. The zero-order valence-electron chi connectivity index (χ0n) is 12.8. The fourth-order valence-electron chi connectivity index (χ4n) is 3.54. The molecule has 0 unspecified atom stereocenters. The van der Waals surface area contributed by atoms with Gasteiger partial charge in [0.05, 0.1) is 11.7 Å². The van der Waals surface area contributed by atoms with Gasteiger partial charge in [0.2, 0.25) is 15.9 Å². The van der Waals surface area contributed by atoms with Gasteiger partial charge in [-0.05, 0) is 24.3 Å². The summed E-state index contributed by atoms with van der Waals surface area (Å²) in [6.45, 7) is 1.80. The van der Waals surface area contributed by atoms with Crippen molar-refractivity contribution in [3.8, 4) is 0 Å². The zero-order valence-corrected chi connectivity index (χ0v) is 13.6. The average molecular weight is 322 g/mol. The quantitative estimate of drug-likeness (QED) is 0.820. The fraction of sp³-hybridized carbons (Fsp3) is 0.562. The van der Waals surface area contributed by atoms with Gasteiger partial charge in [0.15, 0.2) is 0 Å². The van der Waals surface area contributed by atoms with E-state index in [1.54, 1.807) is 7.05 Å². The van der Waals surface area contributed by atoms with Gasteiger partial charge >= 0.3 is 0 Å². The number of hydrogen-bond acceptors (Lipinski definition) is 3. The maximum Gasteiger partial charge on any atom is 0.226 e. The van der Waals surface area contributed by atoms with Crippen molar-refractivity contribution in [2.45, 2.75) is 24.5 Å². The Morgan fingerprint density at radius 3 is 2.59 bits per heavy atom. The van der Waals surface area contributed by atoms with Gasteiger partial charge in [0, 0.05) is 26.7 Å². The summed E-state index contributed by atoms with van der Waals surface area (Å²) >= 11 is 0. The maximum atomic E-state index is 12.4. The van der Waals surface area contributed by atoms with Crippen LogP contribution in [0.5, 0.6) is 0 Å². The molecule has 22 heavy (non-hydrogen) atoms. The van der Waals surface area contributed by atoms with Crippen molar-refractivity contribution in [2.24, 2.45) is 5.92 Å². The van der Waals surface area contributed by atoms with E-state index >= 15 is 0 Å². The molecule has 2 saturated heterocycles. The molecule has 0 bridgehead atoms. The number of amides is 1. The van der Waals surface area contributed by atoms with Crippen LogP contribution in [-0.2, 0) is 21.2 Å². The van der Waals surface area contributed by atoms with Crippen molar-refractivity contribution in [3.05, 3.63) is 35.9 Å². The Bertz CT molecular complexity index is 645. The summed E-state index contributed by atoms with van der Waals surface area (Å²) in [6.07, 6.45) is 1.72. The topological polar surface area (TPSA) is 57.7 Å². The molecule has 5 nitrogen and oxygen atoms in total. The van der Waals surface area contributed by atoms with Gasteiger partial charge < -0.3 is 4.90 Å². The van der Waals surface area contributed by atoms with E-state index in [1.807, 2.05) is 35.2 Å². The molecule has 6 heteroatoms. The molecule has 1 aromatic carbocycles. The van der Waals surface area contributed by atoms with E-state index in [9.17, 15) is 13.2 Å². The van der Waals surface area contributed by atoms with Crippen molar-refractivity contribution in [2.75, 3.05) is 26.7 Å². The minimum absolute atomic E-state index is 0.0944. The number of sulfonamides is 1. The predicted octanol–water partition coefficient (Wildman–Crippen LogP) is 1.11. The molecule has 2 aliphatic rings. The SMILES string of the molecule is CN1C[C@H]2CCN(C(=O)Cc3ccccc3)CC[C@H]2S1(=O)=O. The van der Waals surface area contributed by atoms with Gasteiger partial charge in [0.25, 0.3) is 0 Å². The Hall–Kier alpha value is -1.40. The lowest BCUT2D eigenvalue weighted by molar-refractivity contribution is -0.130. The van der Waals surface area contributed by atoms with Gasteiger partial charge in [-0.2, -0.15) is 0 Å². The lowest BCUT2D eigenvalue weighted by Gasteiger charge is -2.21. The Balaban J connectivity index is 1.66. The van der Waals surface area contributed by atoms with E-state index in [0.29, 0.717) is 32.5 Å². The molecule has 1 amide bonds. The molecular formula is C16H22N2O3S. The van der Waals surface area contributed by atoms with Crippen LogP contribution in [0.3, 0.4) is 0 Å². The highest BCUT2D eigenvalue weighted by atomic mass is 32.2. The normalized spacial score (nSPS) is 28.1. The van der Waals surface area contributed by atoms with Crippen molar-refractivity contribution >= 4 is 15.9 Å². The molecule has 2 fully saturated rings. The minimum atomic E-state index is -3.16. The van der Waals surface area contributed by atoms with E-state index in [2.05, 4.69) is 0 Å². The number of carbonyl (C=O) groups excluding carboxylic acids is 1. The smallest absolute Gasteiger partial charge is 0.226 e. The van der Waals surface area contributed by atoms with Gasteiger partial charge in [0.1, 0.15) is 0 Å². The Labute approximate surface area is 132 Å². The third-order valence-corrected chi connectivity index (χ3v) is 7.24. The number of hydrogen-bond donors (Lipinski definition) is 0. The second kappa shape index (κ2) is 6.01. The molecule has 2 heterocycles. The summed E-state index contributed by atoms with van der Waals surface area (Å²) in [4.78, 5) is 14.3. The maximum absolute atomic E-state index is 12.4. The molecule has 2 atom stereocenters. The molecule has 3 rings (SSSR count). The molecular weight excluding hydrogens is 300 g/mol. The highest BCUT2D eigenvalue weighted by Gasteiger charge is 2.45. The average Bonchev–Trinajstić information content (AvgIpc) is 2.66. The highest BCUT2D eigenvalue weighted by Crippen LogP contribution is 2.33. The lowest BCUT2D eigenvalue weighted by atomic mass is 10.0.